The van der Waals surface area contributed by atoms with E-state index in [4.69, 9.17) is 15.2 Å². The molecule has 2 N–H and O–H groups in total. The van der Waals surface area contributed by atoms with E-state index in [9.17, 15) is 0 Å². The van der Waals surface area contributed by atoms with Gasteiger partial charge in [0, 0.05) is 10.0 Å². The molecule has 0 amide bonds. The van der Waals surface area contributed by atoms with E-state index in [1.54, 1.807) is 14.2 Å². The van der Waals surface area contributed by atoms with Crippen molar-refractivity contribution in [1.82, 2.24) is 0 Å². The Kier molecular flexibility index (Phi) is 5.07. The highest BCUT2D eigenvalue weighted by atomic mass is 79.9. The molecule has 3 nitrogen and oxygen atoms in total. The predicted molar refractivity (Wildman–Crippen MR) is 87.4 cm³/mol. The summed E-state index contributed by atoms with van der Waals surface area (Å²) in [5.74, 6) is 1.41. The Morgan fingerprint density at radius 3 is 2.40 bits per heavy atom. The van der Waals surface area contributed by atoms with Crippen LogP contribution in [-0.2, 0) is 0 Å². The van der Waals surface area contributed by atoms with Crippen LogP contribution in [0.3, 0.4) is 0 Å². The number of halogens is 2. The van der Waals surface area contributed by atoms with Crippen molar-refractivity contribution >= 4 is 31.9 Å². The first-order chi connectivity index (χ1) is 9.58. The summed E-state index contributed by atoms with van der Waals surface area (Å²) in [5, 5.41) is 0. The molecule has 0 heterocycles. The first kappa shape index (κ1) is 15.4. The van der Waals surface area contributed by atoms with Crippen LogP contribution in [0.2, 0.25) is 0 Å². The fraction of sp³-hybridized carbons (Fsp3) is 0.200. The van der Waals surface area contributed by atoms with Crippen molar-refractivity contribution in [2.24, 2.45) is 5.73 Å². The smallest absolute Gasteiger partial charge is 0.141 e. The van der Waals surface area contributed by atoms with Crippen LogP contribution >= 0.6 is 31.9 Å². The SMILES string of the molecule is COc1ccc(C(N)c2cccc(Br)c2)c(OC)c1Br. The molecule has 2 rings (SSSR count). The molecule has 5 heteroatoms. The first-order valence-electron chi connectivity index (χ1n) is 6.00. The third-order valence-electron chi connectivity index (χ3n) is 3.06. The topological polar surface area (TPSA) is 44.5 Å². The number of nitrogens with two attached hydrogens (primary N) is 1. The van der Waals surface area contributed by atoms with E-state index in [1.807, 2.05) is 36.4 Å². The summed E-state index contributed by atoms with van der Waals surface area (Å²) in [6.45, 7) is 0. The van der Waals surface area contributed by atoms with Crippen LogP contribution in [0.25, 0.3) is 0 Å². The molecule has 0 aliphatic carbocycles. The number of rotatable bonds is 4. The summed E-state index contributed by atoms with van der Waals surface area (Å²) in [6, 6.07) is 11.5. The van der Waals surface area contributed by atoms with Crippen LogP contribution in [0.15, 0.2) is 45.3 Å². The molecule has 0 spiro atoms. The second kappa shape index (κ2) is 6.61. The zero-order valence-corrected chi connectivity index (χ0v) is 14.4. The Morgan fingerprint density at radius 2 is 1.80 bits per heavy atom. The van der Waals surface area contributed by atoms with Gasteiger partial charge < -0.3 is 15.2 Å². The molecule has 0 saturated heterocycles. The van der Waals surface area contributed by atoms with Gasteiger partial charge in [0.2, 0.25) is 0 Å². The highest BCUT2D eigenvalue weighted by Gasteiger charge is 2.19. The quantitative estimate of drug-likeness (QED) is 0.832. The molecule has 0 bridgehead atoms. The van der Waals surface area contributed by atoms with Gasteiger partial charge in [0.15, 0.2) is 0 Å². The number of ether oxygens (including phenoxy) is 2. The monoisotopic (exact) mass is 399 g/mol. The van der Waals surface area contributed by atoms with Gasteiger partial charge in [0.05, 0.1) is 20.3 Å². The van der Waals surface area contributed by atoms with Crippen molar-refractivity contribution in [3.05, 3.63) is 56.5 Å². The fourth-order valence-electron chi connectivity index (χ4n) is 2.04. The molecule has 0 radical (unpaired) electrons. The molecule has 1 atom stereocenters. The van der Waals surface area contributed by atoms with Crippen molar-refractivity contribution in [3.63, 3.8) is 0 Å². The molecular formula is C15H15Br2NO2. The Balaban J connectivity index is 2.49. The van der Waals surface area contributed by atoms with Gasteiger partial charge in [0.25, 0.3) is 0 Å². The van der Waals surface area contributed by atoms with E-state index in [2.05, 4.69) is 31.9 Å². The van der Waals surface area contributed by atoms with E-state index in [1.165, 1.54) is 0 Å². The average molecular weight is 401 g/mol. The Morgan fingerprint density at radius 1 is 1.05 bits per heavy atom. The van der Waals surface area contributed by atoms with Crippen molar-refractivity contribution in [2.45, 2.75) is 6.04 Å². The molecular weight excluding hydrogens is 386 g/mol. The van der Waals surface area contributed by atoms with Crippen LogP contribution < -0.4 is 15.2 Å². The van der Waals surface area contributed by atoms with Gasteiger partial charge in [-0.2, -0.15) is 0 Å². The van der Waals surface area contributed by atoms with Gasteiger partial charge in [0.1, 0.15) is 16.0 Å². The van der Waals surface area contributed by atoms with Crippen LogP contribution in [0.5, 0.6) is 11.5 Å². The van der Waals surface area contributed by atoms with E-state index in [-0.39, 0.29) is 6.04 Å². The summed E-state index contributed by atoms with van der Waals surface area (Å²) in [7, 11) is 3.24. The number of benzene rings is 2. The summed E-state index contributed by atoms with van der Waals surface area (Å²) < 4.78 is 12.5. The lowest BCUT2D eigenvalue weighted by Crippen LogP contribution is -2.13. The van der Waals surface area contributed by atoms with Crippen molar-refractivity contribution in [1.29, 1.82) is 0 Å². The van der Waals surface area contributed by atoms with Gasteiger partial charge in [-0.3, -0.25) is 0 Å². The molecule has 0 aromatic heterocycles. The Labute approximate surface area is 135 Å². The second-order valence-electron chi connectivity index (χ2n) is 4.24. The van der Waals surface area contributed by atoms with Crippen LogP contribution in [-0.4, -0.2) is 14.2 Å². The van der Waals surface area contributed by atoms with Crippen LogP contribution in [0.1, 0.15) is 17.2 Å². The molecule has 2 aromatic carbocycles. The lowest BCUT2D eigenvalue weighted by molar-refractivity contribution is 0.385. The van der Waals surface area contributed by atoms with Crippen molar-refractivity contribution in [2.75, 3.05) is 14.2 Å². The molecule has 0 aliphatic rings. The molecule has 20 heavy (non-hydrogen) atoms. The molecule has 1 unspecified atom stereocenters. The summed E-state index contributed by atoms with van der Waals surface area (Å²) in [6.07, 6.45) is 0. The highest BCUT2D eigenvalue weighted by molar-refractivity contribution is 9.11. The Bertz CT molecular complexity index is 617. The molecule has 106 valence electrons. The zero-order valence-electron chi connectivity index (χ0n) is 11.2. The van der Waals surface area contributed by atoms with E-state index in [0.717, 1.165) is 20.1 Å². The predicted octanol–water partition coefficient (Wildman–Crippen LogP) is 4.28. The molecule has 0 saturated carbocycles. The van der Waals surface area contributed by atoms with Crippen molar-refractivity contribution < 1.29 is 9.47 Å². The normalized spacial score (nSPS) is 12.1. The average Bonchev–Trinajstić information content (AvgIpc) is 2.46. The van der Waals surface area contributed by atoms with Gasteiger partial charge in [-0.1, -0.05) is 28.1 Å². The number of hydrogen-bond donors (Lipinski definition) is 1. The number of hydrogen-bond acceptors (Lipinski definition) is 3. The van der Waals surface area contributed by atoms with Crippen LogP contribution in [0.4, 0.5) is 0 Å². The maximum atomic E-state index is 6.36. The first-order valence-corrected chi connectivity index (χ1v) is 7.58. The highest BCUT2D eigenvalue weighted by Crippen LogP contribution is 2.40. The van der Waals surface area contributed by atoms with Gasteiger partial charge in [-0.15, -0.1) is 0 Å². The standard InChI is InChI=1S/C15H15Br2NO2/c1-19-12-7-6-11(15(20-2)13(12)17)14(18)9-4-3-5-10(16)8-9/h3-8,14H,18H2,1-2H3. The lowest BCUT2D eigenvalue weighted by atomic mass is 9.98. The minimum Gasteiger partial charge on any atom is -0.495 e. The third-order valence-corrected chi connectivity index (χ3v) is 4.30. The minimum absolute atomic E-state index is 0.273. The minimum atomic E-state index is -0.273. The Hall–Kier alpha value is -1.04. The third kappa shape index (κ3) is 3.00. The van der Waals surface area contributed by atoms with Crippen LogP contribution in [0, 0.1) is 0 Å². The summed E-state index contributed by atoms with van der Waals surface area (Å²) >= 11 is 6.95. The zero-order chi connectivity index (χ0) is 14.7. The maximum Gasteiger partial charge on any atom is 0.141 e. The lowest BCUT2D eigenvalue weighted by Gasteiger charge is -2.19. The van der Waals surface area contributed by atoms with E-state index in [0.29, 0.717) is 11.5 Å². The van der Waals surface area contributed by atoms with Crippen molar-refractivity contribution in [3.8, 4) is 11.5 Å². The largest absolute Gasteiger partial charge is 0.495 e. The second-order valence-corrected chi connectivity index (χ2v) is 5.95. The molecule has 0 fully saturated rings. The summed E-state index contributed by atoms with van der Waals surface area (Å²) in [5.41, 5.74) is 8.27. The van der Waals surface area contributed by atoms with Gasteiger partial charge >= 0.3 is 0 Å². The maximum absolute atomic E-state index is 6.36. The van der Waals surface area contributed by atoms with E-state index >= 15 is 0 Å². The molecule has 0 aliphatic heterocycles. The van der Waals surface area contributed by atoms with Gasteiger partial charge in [-0.05, 0) is 45.8 Å². The number of methoxy groups -OCH3 is 2. The van der Waals surface area contributed by atoms with Gasteiger partial charge in [-0.25, -0.2) is 0 Å². The molecule has 2 aromatic rings. The fourth-order valence-corrected chi connectivity index (χ4v) is 3.14. The summed E-state index contributed by atoms with van der Waals surface area (Å²) in [4.78, 5) is 0. The van der Waals surface area contributed by atoms with E-state index < -0.39 is 0 Å².